The number of aromatic nitrogens is 3. The number of hydrogen-bond acceptors (Lipinski definition) is 5. The molecule has 0 aliphatic heterocycles. The molecule has 1 atom stereocenters. The summed E-state index contributed by atoms with van der Waals surface area (Å²) in [5.41, 5.74) is 1.47. The van der Waals surface area contributed by atoms with Gasteiger partial charge in [-0.25, -0.2) is 4.68 Å². The highest BCUT2D eigenvalue weighted by atomic mass is 16.2. The summed E-state index contributed by atoms with van der Waals surface area (Å²) in [5.74, 6) is -0.748. The van der Waals surface area contributed by atoms with Gasteiger partial charge < -0.3 is 10.6 Å². The zero-order chi connectivity index (χ0) is 22.3. The molecule has 0 spiro atoms. The largest absolute Gasteiger partial charge is 0.340 e. The van der Waals surface area contributed by atoms with E-state index >= 15 is 0 Å². The molecule has 160 valence electrons. The lowest BCUT2D eigenvalue weighted by Gasteiger charge is -2.19. The number of rotatable bonds is 7. The average molecular weight is 427 g/mol. The molecule has 1 aromatic heterocycles. The third-order valence-electron chi connectivity index (χ3n) is 4.92. The predicted molar refractivity (Wildman–Crippen MR) is 121 cm³/mol. The highest BCUT2D eigenvalue weighted by Crippen LogP contribution is 2.16. The van der Waals surface area contributed by atoms with Crippen LogP contribution >= 0.6 is 0 Å². The van der Waals surface area contributed by atoms with Crippen molar-refractivity contribution in [2.45, 2.75) is 19.0 Å². The lowest BCUT2D eigenvalue weighted by molar-refractivity contribution is -0.126. The first-order valence-corrected chi connectivity index (χ1v) is 10.1. The van der Waals surface area contributed by atoms with Crippen molar-refractivity contribution in [3.05, 3.63) is 101 Å². The predicted octanol–water partition coefficient (Wildman–Crippen LogP) is 2.68. The van der Waals surface area contributed by atoms with E-state index in [1.807, 2.05) is 24.3 Å². The van der Waals surface area contributed by atoms with Gasteiger partial charge in [-0.05, 0) is 29.8 Å². The van der Waals surface area contributed by atoms with Crippen molar-refractivity contribution in [2.24, 2.45) is 0 Å². The van der Waals surface area contributed by atoms with Crippen molar-refractivity contribution < 1.29 is 9.59 Å². The summed E-state index contributed by atoms with van der Waals surface area (Å²) in [6, 6.07) is 24.0. The van der Waals surface area contributed by atoms with Gasteiger partial charge >= 0.3 is 0 Å². The number of hydrogen-bond donors (Lipinski definition) is 2. The van der Waals surface area contributed by atoms with Gasteiger partial charge in [0.25, 0.3) is 11.5 Å². The van der Waals surface area contributed by atoms with E-state index in [2.05, 4.69) is 20.9 Å². The molecule has 4 aromatic rings. The topological polar surface area (TPSA) is 106 Å². The number of amides is 2. The molecular formula is C24H21N5O3. The molecule has 2 amide bonds. The number of anilines is 1. The number of fused-ring (bicyclic) bond motifs is 1. The van der Waals surface area contributed by atoms with Crippen LogP contribution in [0.3, 0.4) is 0 Å². The van der Waals surface area contributed by atoms with E-state index in [-0.39, 0.29) is 30.3 Å². The van der Waals surface area contributed by atoms with Gasteiger partial charge in [0, 0.05) is 12.1 Å². The summed E-state index contributed by atoms with van der Waals surface area (Å²) in [7, 11) is 0. The second-order valence-corrected chi connectivity index (χ2v) is 7.15. The van der Waals surface area contributed by atoms with E-state index in [0.717, 1.165) is 4.68 Å². The third kappa shape index (κ3) is 4.86. The first kappa shape index (κ1) is 20.9. The molecule has 0 aliphatic rings. The number of benzene rings is 3. The minimum atomic E-state index is -0.886. The fourth-order valence-electron chi connectivity index (χ4n) is 3.29. The standard InChI is InChI=1S/C24H21N5O3/c30-21(15-16-29-24(32)19-13-7-8-14-20(19)27-28-29)26-22(17-9-3-1-4-10-17)23(31)25-18-11-5-2-6-12-18/h1-14,22H,15-16H2,(H,25,31)(H,26,30)/t22-/m0/s1. The first-order valence-electron chi connectivity index (χ1n) is 10.1. The minimum absolute atomic E-state index is 0.0329. The van der Waals surface area contributed by atoms with Crippen LogP contribution in [0.4, 0.5) is 5.69 Å². The Kier molecular flexibility index (Phi) is 6.31. The SMILES string of the molecule is O=C(CCn1nnc2ccccc2c1=O)N[C@H](C(=O)Nc1ccccc1)c1ccccc1. The summed E-state index contributed by atoms with van der Waals surface area (Å²) in [6.07, 6.45) is -0.0329. The zero-order valence-electron chi connectivity index (χ0n) is 17.1. The Morgan fingerprint density at radius 3 is 2.28 bits per heavy atom. The van der Waals surface area contributed by atoms with E-state index in [1.54, 1.807) is 60.7 Å². The lowest BCUT2D eigenvalue weighted by atomic mass is 10.1. The summed E-state index contributed by atoms with van der Waals surface area (Å²) < 4.78 is 1.16. The van der Waals surface area contributed by atoms with E-state index in [1.165, 1.54) is 0 Å². The van der Waals surface area contributed by atoms with Gasteiger partial charge in [-0.3, -0.25) is 14.4 Å². The molecule has 0 fully saturated rings. The quantitative estimate of drug-likeness (QED) is 0.472. The number of carbonyl (C=O) groups excluding carboxylic acids is 2. The Bertz CT molecular complexity index is 1290. The normalized spacial score (nSPS) is 11.6. The van der Waals surface area contributed by atoms with Crippen molar-refractivity contribution in [1.29, 1.82) is 0 Å². The highest BCUT2D eigenvalue weighted by Gasteiger charge is 2.23. The summed E-state index contributed by atoms with van der Waals surface area (Å²) in [5, 5.41) is 13.9. The van der Waals surface area contributed by atoms with Crippen molar-refractivity contribution in [1.82, 2.24) is 20.3 Å². The fraction of sp³-hybridized carbons (Fsp3) is 0.125. The second-order valence-electron chi connectivity index (χ2n) is 7.15. The highest BCUT2D eigenvalue weighted by molar-refractivity contribution is 5.97. The van der Waals surface area contributed by atoms with Gasteiger partial charge in [0.05, 0.1) is 11.9 Å². The Morgan fingerprint density at radius 1 is 0.875 bits per heavy atom. The van der Waals surface area contributed by atoms with E-state index < -0.39 is 6.04 Å². The van der Waals surface area contributed by atoms with Crippen LogP contribution in [-0.2, 0) is 16.1 Å². The van der Waals surface area contributed by atoms with Gasteiger partial charge in [0.2, 0.25) is 5.91 Å². The van der Waals surface area contributed by atoms with Gasteiger partial charge in [-0.1, -0.05) is 65.9 Å². The number of nitrogens with zero attached hydrogens (tertiary/aromatic N) is 3. The summed E-state index contributed by atoms with van der Waals surface area (Å²) >= 11 is 0. The average Bonchev–Trinajstić information content (AvgIpc) is 2.83. The summed E-state index contributed by atoms with van der Waals surface area (Å²) in [4.78, 5) is 38.2. The van der Waals surface area contributed by atoms with Crippen LogP contribution in [-0.4, -0.2) is 26.8 Å². The van der Waals surface area contributed by atoms with Crippen LogP contribution in [0.15, 0.2) is 89.7 Å². The minimum Gasteiger partial charge on any atom is -0.340 e. The van der Waals surface area contributed by atoms with Crippen molar-refractivity contribution >= 4 is 28.4 Å². The molecule has 0 aliphatic carbocycles. The Morgan fingerprint density at radius 2 is 1.53 bits per heavy atom. The fourth-order valence-corrected chi connectivity index (χ4v) is 3.29. The van der Waals surface area contributed by atoms with Crippen LogP contribution in [0.5, 0.6) is 0 Å². The molecule has 8 heteroatoms. The Balaban J connectivity index is 1.47. The van der Waals surface area contributed by atoms with E-state index in [0.29, 0.717) is 22.2 Å². The van der Waals surface area contributed by atoms with Crippen LogP contribution in [0.1, 0.15) is 18.0 Å². The van der Waals surface area contributed by atoms with Gasteiger partial charge in [0.15, 0.2) is 0 Å². The van der Waals surface area contributed by atoms with Gasteiger partial charge in [-0.15, -0.1) is 5.10 Å². The number of carbonyl (C=O) groups is 2. The third-order valence-corrected chi connectivity index (χ3v) is 4.92. The Labute approximate surface area is 183 Å². The summed E-state index contributed by atoms with van der Waals surface area (Å²) in [6.45, 7) is 0.0459. The molecule has 0 bridgehead atoms. The first-order chi connectivity index (χ1) is 15.6. The monoisotopic (exact) mass is 427 g/mol. The maximum atomic E-state index is 12.9. The molecule has 1 heterocycles. The lowest BCUT2D eigenvalue weighted by Crippen LogP contribution is -2.38. The van der Waals surface area contributed by atoms with Crippen LogP contribution in [0.25, 0.3) is 10.9 Å². The second kappa shape index (κ2) is 9.65. The molecule has 2 N–H and O–H groups in total. The molecule has 8 nitrogen and oxygen atoms in total. The molecule has 0 saturated heterocycles. The number of para-hydroxylation sites is 1. The van der Waals surface area contributed by atoms with Crippen LogP contribution < -0.4 is 16.2 Å². The van der Waals surface area contributed by atoms with Crippen molar-refractivity contribution in [3.63, 3.8) is 0 Å². The maximum Gasteiger partial charge on any atom is 0.277 e. The van der Waals surface area contributed by atoms with E-state index in [9.17, 15) is 14.4 Å². The van der Waals surface area contributed by atoms with Gasteiger partial charge in [-0.2, -0.15) is 0 Å². The van der Waals surface area contributed by atoms with Crippen molar-refractivity contribution in [2.75, 3.05) is 5.32 Å². The number of aryl methyl sites for hydroxylation is 1. The smallest absolute Gasteiger partial charge is 0.277 e. The Hall–Kier alpha value is -4.33. The van der Waals surface area contributed by atoms with Crippen molar-refractivity contribution in [3.8, 4) is 0 Å². The van der Waals surface area contributed by atoms with E-state index in [4.69, 9.17) is 0 Å². The molecular weight excluding hydrogens is 406 g/mol. The molecule has 0 radical (unpaired) electrons. The molecule has 4 rings (SSSR count). The molecule has 0 unspecified atom stereocenters. The zero-order valence-corrected chi connectivity index (χ0v) is 17.1. The number of nitrogens with one attached hydrogen (secondary N) is 2. The molecule has 32 heavy (non-hydrogen) atoms. The molecule has 0 saturated carbocycles. The van der Waals surface area contributed by atoms with Gasteiger partial charge in [0.1, 0.15) is 11.6 Å². The van der Waals surface area contributed by atoms with Crippen LogP contribution in [0.2, 0.25) is 0 Å². The maximum absolute atomic E-state index is 12.9. The molecule has 3 aromatic carbocycles. The van der Waals surface area contributed by atoms with Crippen LogP contribution in [0, 0.1) is 0 Å².